The summed E-state index contributed by atoms with van der Waals surface area (Å²) >= 11 is 6.20. The molecule has 0 atom stereocenters. The van der Waals surface area contributed by atoms with E-state index in [0.29, 0.717) is 29.4 Å². The number of hydrogen-bond acceptors (Lipinski definition) is 4. The van der Waals surface area contributed by atoms with Gasteiger partial charge >= 0.3 is 5.97 Å². The zero-order chi connectivity index (χ0) is 19.4. The van der Waals surface area contributed by atoms with Gasteiger partial charge in [-0.1, -0.05) is 17.7 Å². The quantitative estimate of drug-likeness (QED) is 0.783. The minimum atomic E-state index is -1.05. The summed E-state index contributed by atoms with van der Waals surface area (Å²) in [5.74, 6) is -0.774. The van der Waals surface area contributed by atoms with E-state index in [9.17, 15) is 14.7 Å². The second kappa shape index (κ2) is 8.10. The number of nitrogens with one attached hydrogen (secondary N) is 1. The normalized spacial score (nSPS) is 10.3. The average Bonchev–Trinajstić information content (AvgIpc) is 2.58. The lowest BCUT2D eigenvalue weighted by Gasteiger charge is -2.14. The zero-order valence-corrected chi connectivity index (χ0v) is 15.7. The van der Waals surface area contributed by atoms with E-state index in [1.165, 1.54) is 25.3 Å². The van der Waals surface area contributed by atoms with Gasteiger partial charge in [0, 0.05) is 11.3 Å². The second-order valence-corrected chi connectivity index (χ2v) is 6.07. The lowest BCUT2D eigenvalue weighted by molar-refractivity contribution is 0.0695. The Kier molecular flexibility index (Phi) is 6.10. The first-order valence-corrected chi connectivity index (χ1v) is 8.32. The Morgan fingerprint density at radius 1 is 1.15 bits per heavy atom. The Balaban J connectivity index is 2.38. The summed E-state index contributed by atoms with van der Waals surface area (Å²) in [7, 11) is 1.46. The van der Waals surface area contributed by atoms with Gasteiger partial charge < -0.3 is 19.9 Å². The first kappa shape index (κ1) is 19.6. The monoisotopic (exact) mass is 377 g/mol. The topological polar surface area (TPSA) is 84.9 Å². The number of halogens is 1. The largest absolute Gasteiger partial charge is 0.493 e. The van der Waals surface area contributed by atoms with Gasteiger partial charge in [0.15, 0.2) is 11.5 Å². The number of carbonyl (C=O) groups excluding carboxylic acids is 1. The number of methoxy groups -OCH3 is 1. The minimum absolute atomic E-state index is 0.133. The van der Waals surface area contributed by atoms with Gasteiger partial charge in [0.2, 0.25) is 0 Å². The highest BCUT2D eigenvalue weighted by atomic mass is 35.5. The van der Waals surface area contributed by atoms with Crippen molar-refractivity contribution in [1.82, 2.24) is 0 Å². The van der Waals surface area contributed by atoms with Crippen LogP contribution in [-0.2, 0) is 0 Å². The van der Waals surface area contributed by atoms with Crippen molar-refractivity contribution in [2.24, 2.45) is 0 Å². The number of benzene rings is 2. The van der Waals surface area contributed by atoms with Crippen molar-refractivity contribution in [2.45, 2.75) is 20.8 Å². The number of aromatic carboxylic acids is 1. The summed E-state index contributed by atoms with van der Waals surface area (Å²) in [6.07, 6.45) is 0. The number of hydrogen-bond donors (Lipinski definition) is 2. The molecule has 0 heterocycles. The van der Waals surface area contributed by atoms with Crippen molar-refractivity contribution in [3.8, 4) is 11.5 Å². The van der Waals surface area contributed by atoms with Gasteiger partial charge in [-0.2, -0.15) is 0 Å². The molecule has 7 heteroatoms. The molecule has 0 spiro atoms. The standard InChI is InChI=1S/C19H20ClNO5/c1-5-26-17-14(20)7-12(8-16(17)25-4)18(22)21-15-9-13(19(23)24)10(2)6-11(15)3/h6-9H,5H2,1-4H3,(H,21,22)(H,23,24). The summed E-state index contributed by atoms with van der Waals surface area (Å²) < 4.78 is 10.7. The molecule has 1 amide bonds. The molecule has 0 unspecified atom stereocenters. The van der Waals surface area contributed by atoms with Crippen LogP contribution in [0.5, 0.6) is 11.5 Å². The van der Waals surface area contributed by atoms with Crippen molar-refractivity contribution in [1.29, 1.82) is 0 Å². The summed E-state index contributed by atoms with van der Waals surface area (Å²) in [6.45, 7) is 5.72. The Bertz CT molecular complexity index is 863. The maximum absolute atomic E-state index is 12.6. The number of aryl methyl sites for hydroxylation is 2. The zero-order valence-electron chi connectivity index (χ0n) is 15.0. The van der Waals surface area contributed by atoms with E-state index >= 15 is 0 Å². The fourth-order valence-electron chi connectivity index (χ4n) is 2.55. The average molecular weight is 378 g/mol. The lowest BCUT2D eigenvalue weighted by atomic mass is 10.0. The number of rotatable bonds is 6. The minimum Gasteiger partial charge on any atom is -0.493 e. The van der Waals surface area contributed by atoms with Gasteiger partial charge in [-0.25, -0.2) is 4.79 Å². The molecule has 0 bridgehead atoms. The van der Waals surface area contributed by atoms with E-state index in [4.69, 9.17) is 21.1 Å². The molecule has 2 aromatic carbocycles. The third-order valence-electron chi connectivity index (χ3n) is 3.83. The molecule has 2 N–H and O–H groups in total. The smallest absolute Gasteiger partial charge is 0.336 e. The van der Waals surface area contributed by atoms with Crippen LogP contribution in [0.25, 0.3) is 0 Å². The molecule has 2 rings (SSSR count). The maximum Gasteiger partial charge on any atom is 0.336 e. The van der Waals surface area contributed by atoms with Crippen LogP contribution in [0.2, 0.25) is 5.02 Å². The van der Waals surface area contributed by atoms with Crippen LogP contribution >= 0.6 is 11.6 Å². The van der Waals surface area contributed by atoms with Crippen LogP contribution in [0.1, 0.15) is 38.8 Å². The number of carboxylic acid groups (broad SMARTS) is 1. The number of carboxylic acids is 1. The Morgan fingerprint density at radius 2 is 1.85 bits per heavy atom. The molecule has 0 aliphatic carbocycles. The van der Waals surface area contributed by atoms with E-state index in [0.717, 1.165) is 5.56 Å². The molecule has 0 radical (unpaired) electrons. The summed E-state index contributed by atoms with van der Waals surface area (Å²) in [6, 6.07) is 6.16. The van der Waals surface area contributed by atoms with Gasteiger partial charge in [0.1, 0.15) is 0 Å². The van der Waals surface area contributed by atoms with Gasteiger partial charge in [-0.15, -0.1) is 0 Å². The Labute approximate surface area is 156 Å². The molecule has 0 saturated heterocycles. The third kappa shape index (κ3) is 4.08. The van der Waals surface area contributed by atoms with Crippen molar-refractivity contribution < 1.29 is 24.2 Å². The summed E-state index contributed by atoms with van der Waals surface area (Å²) in [5, 5.41) is 12.2. The predicted molar refractivity (Wildman–Crippen MR) is 100 cm³/mol. The highest BCUT2D eigenvalue weighted by Crippen LogP contribution is 2.36. The van der Waals surface area contributed by atoms with Gasteiger partial charge in [-0.3, -0.25) is 4.79 Å². The molecule has 0 aliphatic heterocycles. The van der Waals surface area contributed by atoms with Gasteiger partial charge in [0.05, 0.1) is 24.3 Å². The van der Waals surface area contributed by atoms with Crippen LogP contribution in [0.15, 0.2) is 24.3 Å². The van der Waals surface area contributed by atoms with Crippen LogP contribution < -0.4 is 14.8 Å². The first-order chi connectivity index (χ1) is 12.3. The van der Waals surface area contributed by atoms with Crippen LogP contribution in [0, 0.1) is 13.8 Å². The van der Waals surface area contributed by atoms with Gasteiger partial charge in [-0.05, 0) is 50.1 Å². The summed E-state index contributed by atoms with van der Waals surface area (Å²) in [5.41, 5.74) is 2.20. The molecule has 138 valence electrons. The van der Waals surface area contributed by atoms with E-state index in [-0.39, 0.29) is 16.1 Å². The molecule has 2 aromatic rings. The van der Waals surface area contributed by atoms with Crippen molar-refractivity contribution in [2.75, 3.05) is 19.0 Å². The number of anilines is 1. The van der Waals surface area contributed by atoms with Crippen molar-refractivity contribution in [3.05, 3.63) is 51.5 Å². The SMILES string of the molecule is CCOc1c(Cl)cc(C(=O)Nc2cc(C(=O)O)c(C)cc2C)cc1OC. The van der Waals surface area contributed by atoms with E-state index < -0.39 is 11.9 Å². The van der Waals surface area contributed by atoms with Crippen LogP contribution in [0.3, 0.4) is 0 Å². The van der Waals surface area contributed by atoms with E-state index in [1.807, 2.05) is 6.92 Å². The number of ether oxygens (including phenoxy) is 2. The fourth-order valence-corrected chi connectivity index (χ4v) is 2.81. The highest BCUT2D eigenvalue weighted by Gasteiger charge is 2.17. The summed E-state index contributed by atoms with van der Waals surface area (Å²) in [4.78, 5) is 23.9. The molecule has 0 aromatic heterocycles. The molecule has 0 saturated carbocycles. The first-order valence-electron chi connectivity index (χ1n) is 7.94. The third-order valence-corrected chi connectivity index (χ3v) is 4.11. The van der Waals surface area contributed by atoms with Crippen LogP contribution in [0.4, 0.5) is 5.69 Å². The van der Waals surface area contributed by atoms with Crippen molar-refractivity contribution >= 4 is 29.2 Å². The number of amides is 1. The number of carbonyl (C=O) groups is 2. The molecule has 0 aliphatic rings. The molecule has 0 fully saturated rings. The lowest BCUT2D eigenvalue weighted by Crippen LogP contribution is -2.14. The van der Waals surface area contributed by atoms with Crippen molar-refractivity contribution in [3.63, 3.8) is 0 Å². The van der Waals surface area contributed by atoms with Gasteiger partial charge in [0.25, 0.3) is 5.91 Å². The molecule has 6 nitrogen and oxygen atoms in total. The van der Waals surface area contributed by atoms with Crippen LogP contribution in [-0.4, -0.2) is 30.7 Å². The highest BCUT2D eigenvalue weighted by molar-refractivity contribution is 6.32. The predicted octanol–water partition coefficient (Wildman–Crippen LogP) is 4.31. The molecular formula is C19H20ClNO5. The molecule has 26 heavy (non-hydrogen) atoms. The Hall–Kier alpha value is -2.73. The second-order valence-electron chi connectivity index (χ2n) is 5.66. The molecular weight excluding hydrogens is 358 g/mol. The maximum atomic E-state index is 12.6. The van der Waals surface area contributed by atoms with E-state index in [2.05, 4.69) is 5.32 Å². The fraction of sp³-hybridized carbons (Fsp3) is 0.263. The Morgan fingerprint density at radius 3 is 2.42 bits per heavy atom. The van der Waals surface area contributed by atoms with E-state index in [1.54, 1.807) is 19.9 Å².